The second kappa shape index (κ2) is 15.5. The molecule has 0 spiro atoms. The van der Waals surface area contributed by atoms with Gasteiger partial charge in [0.15, 0.2) is 6.29 Å². The SMILES string of the molecule is Nc1cccc(N)c1.O=Cc1ccccc1O.Oc1ccccc1C=Nc1cccc(N=Cc2ccccc2O)c1. The van der Waals surface area contributed by atoms with E-state index in [1.54, 1.807) is 85.2 Å². The number of aromatic hydroxyl groups is 3. The Morgan fingerprint density at radius 2 is 0.878 bits per heavy atom. The summed E-state index contributed by atoms with van der Waals surface area (Å²) >= 11 is 0. The van der Waals surface area contributed by atoms with E-state index in [4.69, 9.17) is 16.6 Å². The summed E-state index contributed by atoms with van der Waals surface area (Å²) in [4.78, 5) is 18.8. The number of hydrogen-bond donors (Lipinski definition) is 5. The standard InChI is InChI=1S/C20H16N2O2.C7H6O2.C6H8N2/c23-19-10-3-1-6-15(19)13-21-17-8-5-9-18(12-17)22-14-16-7-2-4-11-20(16)24;8-5-6-3-1-2-4-7(6)9;7-5-2-1-3-6(8)4-5/h1-14,23-24H;1-5,9H;1-4H,7-8H2. The van der Waals surface area contributed by atoms with Crippen LogP contribution in [0.5, 0.6) is 17.2 Å². The molecular weight excluding hydrogens is 516 g/mol. The fraction of sp³-hybridized carbons (Fsp3) is 0. The van der Waals surface area contributed by atoms with Crippen molar-refractivity contribution in [2.24, 2.45) is 9.98 Å². The second-order valence-electron chi connectivity index (χ2n) is 8.50. The monoisotopic (exact) mass is 546 g/mol. The van der Waals surface area contributed by atoms with Gasteiger partial charge in [0.25, 0.3) is 0 Å². The lowest BCUT2D eigenvalue weighted by Gasteiger charge is -1.99. The Hall–Kier alpha value is -5.89. The Kier molecular flexibility index (Phi) is 11.2. The van der Waals surface area contributed by atoms with Gasteiger partial charge in [0.05, 0.1) is 16.9 Å². The lowest BCUT2D eigenvalue weighted by atomic mass is 10.2. The first-order valence-electron chi connectivity index (χ1n) is 12.4. The number of para-hydroxylation sites is 3. The van der Waals surface area contributed by atoms with Gasteiger partial charge in [-0.15, -0.1) is 0 Å². The van der Waals surface area contributed by atoms with Crippen LogP contribution >= 0.6 is 0 Å². The van der Waals surface area contributed by atoms with Crippen LogP contribution in [0.15, 0.2) is 131 Å². The van der Waals surface area contributed by atoms with Gasteiger partial charge in [-0.3, -0.25) is 14.8 Å². The molecule has 0 radical (unpaired) electrons. The normalized spacial score (nSPS) is 10.3. The van der Waals surface area contributed by atoms with Crippen LogP contribution < -0.4 is 11.5 Å². The minimum Gasteiger partial charge on any atom is -0.507 e. The minimum atomic E-state index is 0.0347. The van der Waals surface area contributed by atoms with Crippen molar-refractivity contribution in [1.29, 1.82) is 0 Å². The molecule has 0 aromatic heterocycles. The predicted octanol–water partition coefficient (Wildman–Crippen LogP) is 6.65. The lowest BCUT2D eigenvalue weighted by Crippen LogP contribution is -1.87. The van der Waals surface area contributed by atoms with Crippen molar-refractivity contribution in [3.8, 4) is 17.2 Å². The van der Waals surface area contributed by atoms with Crippen molar-refractivity contribution in [3.63, 3.8) is 0 Å². The van der Waals surface area contributed by atoms with Gasteiger partial charge < -0.3 is 26.8 Å². The number of phenolic OH excluding ortho intramolecular Hbond substituents is 3. The van der Waals surface area contributed by atoms with E-state index in [0.717, 1.165) is 11.4 Å². The lowest BCUT2D eigenvalue weighted by molar-refractivity contribution is 0.112. The average Bonchev–Trinajstić information content (AvgIpc) is 2.97. The Labute approximate surface area is 238 Å². The fourth-order valence-electron chi connectivity index (χ4n) is 3.28. The predicted molar refractivity (Wildman–Crippen MR) is 166 cm³/mol. The van der Waals surface area contributed by atoms with E-state index >= 15 is 0 Å². The summed E-state index contributed by atoms with van der Waals surface area (Å²) < 4.78 is 0. The number of nitrogen functional groups attached to an aromatic ring is 2. The summed E-state index contributed by atoms with van der Waals surface area (Å²) in [5.74, 6) is 0.414. The van der Waals surface area contributed by atoms with Crippen molar-refractivity contribution in [1.82, 2.24) is 0 Å². The van der Waals surface area contributed by atoms with Crippen LogP contribution in [0.4, 0.5) is 22.7 Å². The van der Waals surface area contributed by atoms with Crippen LogP contribution in [0, 0.1) is 0 Å². The molecule has 5 aromatic carbocycles. The highest BCUT2D eigenvalue weighted by molar-refractivity contribution is 5.87. The number of carbonyl (C=O) groups excluding carboxylic acids is 1. The number of aldehydes is 1. The number of nitrogens with zero attached hydrogens (tertiary/aromatic N) is 2. The van der Waals surface area contributed by atoms with Crippen LogP contribution in [0.2, 0.25) is 0 Å². The Balaban J connectivity index is 0.000000221. The smallest absolute Gasteiger partial charge is 0.153 e. The summed E-state index contributed by atoms with van der Waals surface area (Å²) in [7, 11) is 0. The van der Waals surface area contributed by atoms with Crippen LogP contribution in [0.1, 0.15) is 21.5 Å². The van der Waals surface area contributed by atoms with Gasteiger partial charge in [0.1, 0.15) is 17.2 Å². The summed E-state index contributed by atoms with van der Waals surface area (Å²) in [5, 5.41) is 28.4. The van der Waals surface area contributed by atoms with Gasteiger partial charge in [0, 0.05) is 34.9 Å². The van der Waals surface area contributed by atoms with E-state index < -0.39 is 0 Å². The van der Waals surface area contributed by atoms with Gasteiger partial charge >= 0.3 is 0 Å². The highest BCUT2D eigenvalue weighted by atomic mass is 16.3. The van der Waals surface area contributed by atoms with E-state index in [0.29, 0.717) is 34.4 Å². The van der Waals surface area contributed by atoms with E-state index in [-0.39, 0.29) is 17.2 Å². The molecule has 5 rings (SSSR count). The van der Waals surface area contributed by atoms with Crippen LogP contribution in [0.3, 0.4) is 0 Å². The minimum absolute atomic E-state index is 0.0347. The molecule has 5 aromatic rings. The zero-order valence-electron chi connectivity index (χ0n) is 22.1. The average molecular weight is 547 g/mol. The third-order valence-electron chi connectivity index (χ3n) is 5.38. The maximum atomic E-state index is 10.1. The molecule has 0 bridgehead atoms. The largest absolute Gasteiger partial charge is 0.507 e. The Bertz CT molecular complexity index is 1550. The molecule has 0 fully saturated rings. The first-order chi connectivity index (χ1) is 19.9. The molecule has 0 heterocycles. The van der Waals surface area contributed by atoms with Crippen molar-refractivity contribution >= 4 is 41.5 Å². The van der Waals surface area contributed by atoms with E-state index in [1.807, 2.05) is 42.5 Å². The second-order valence-corrected chi connectivity index (χ2v) is 8.50. The highest BCUT2D eigenvalue weighted by Crippen LogP contribution is 2.22. The van der Waals surface area contributed by atoms with E-state index in [1.165, 1.54) is 6.07 Å². The van der Waals surface area contributed by atoms with Gasteiger partial charge in [0.2, 0.25) is 0 Å². The number of benzene rings is 5. The third kappa shape index (κ3) is 10.1. The van der Waals surface area contributed by atoms with Gasteiger partial charge in [-0.05, 0) is 72.8 Å². The van der Waals surface area contributed by atoms with E-state index in [9.17, 15) is 15.0 Å². The molecule has 41 heavy (non-hydrogen) atoms. The molecule has 8 nitrogen and oxygen atoms in total. The van der Waals surface area contributed by atoms with Crippen LogP contribution in [-0.2, 0) is 0 Å². The third-order valence-corrected chi connectivity index (χ3v) is 5.38. The van der Waals surface area contributed by atoms with Crippen molar-refractivity contribution in [2.45, 2.75) is 0 Å². The Morgan fingerprint density at radius 1 is 0.488 bits per heavy atom. The van der Waals surface area contributed by atoms with Crippen molar-refractivity contribution in [3.05, 3.63) is 138 Å². The molecular formula is C33H30N4O4. The molecule has 0 atom stereocenters. The topological polar surface area (TPSA) is 155 Å². The highest BCUT2D eigenvalue weighted by Gasteiger charge is 1.98. The number of hydrogen-bond acceptors (Lipinski definition) is 8. The molecule has 8 heteroatoms. The molecule has 0 aliphatic rings. The zero-order valence-corrected chi connectivity index (χ0v) is 22.1. The molecule has 7 N–H and O–H groups in total. The van der Waals surface area contributed by atoms with E-state index in [2.05, 4.69) is 9.98 Å². The molecule has 0 unspecified atom stereocenters. The summed E-state index contributed by atoms with van der Waals surface area (Å²) in [6.07, 6.45) is 3.84. The summed E-state index contributed by atoms with van der Waals surface area (Å²) in [6, 6.07) is 35.0. The number of aliphatic imine (C=N–C) groups is 2. The summed E-state index contributed by atoms with van der Waals surface area (Å²) in [5.41, 5.74) is 15.3. The van der Waals surface area contributed by atoms with Crippen molar-refractivity contribution in [2.75, 3.05) is 11.5 Å². The molecule has 0 saturated carbocycles. The van der Waals surface area contributed by atoms with Crippen LogP contribution in [-0.4, -0.2) is 34.0 Å². The van der Waals surface area contributed by atoms with Gasteiger partial charge in [-0.2, -0.15) is 0 Å². The number of nitrogens with two attached hydrogens (primary N) is 2. The maximum absolute atomic E-state index is 10.1. The first-order valence-corrected chi connectivity index (χ1v) is 12.4. The van der Waals surface area contributed by atoms with Gasteiger partial charge in [-0.25, -0.2) is 0 Å². The van der Waals surface area contributed by atoms with Crippen LogP contribution in [0.25, 0.3) is 0 Å². The quantitative estimate of drug-likeness (QED) is 0.0944. The number of anilines is 2. The number of carbonyl (C=O) groups is 1. The first kappa shape index (κ1) is 29.7. The van der Waals surface area contributed by atoms with Gasteiger partial charge in [-0.1, -0.05) is 48.5 Å². The zero-order chi connectivity index (χ0) is 29.5. The number of phenols is 3. The summed E-state index contributed by atoms with van der Waals surface area (Å²) in [6.45, 7) is 0. The fourth-order valence-corrected chi connectivity index (χ4v) is 3.28. The molecule has 0 amide bonds. The molecule has 0 aliphatic heterocycles. The number of rotatable bonds is 5. The molecule has 206 valence electrons. The Morgan fingerprint density at radius 3 is 1.22 bits per heavy atom. The maximum Gasteiger partial charge on any atom is 0.153 e. The van der Waals surface area contributed by atoms with Crippen molar-refractivity contribution < 1.29 is 20.1 Å². The molecule has 0 saturated heterocycles. The molecule has 0 aliphatic carbocycles.